The minimum absolute atomic E-state index is 0.0629. The average molecular weight is 863 g/mol. The van der Waals surface area contributed by atoms with Gasteiger partial charge in [0.2, 0.25) is 0 Å². The van der Waals surface area contributed by atoms with E-state index in [1.165, 1.54) is 11.1 Å². The van der Waals surface area contributed by atoms with Crippen molar-refractivity contribution in [3.63, 3.8) is 0 Å². The lowest BCUT2D eigenvalue weighted by molar-refractivity contribution is 0.0515. The Hall–Kier alpha value is -4.79. The highest BCUT2D eigenvalue weighted by Crippen LogP contribution is 2.49. The first-order chi connectivity index (χ1) is 28.8. The SMILES string of the molecule is Cc1cc(C(C)(C)C)cc(C)c1-c1cc2ccccc2c(-c2c(C(=O)OCC[Si](C)(C)C)c(-c3c(C)cc(C(C)(C)C)cc3C)cc3ccccc23)c1C(=O)OCC[Si](C)(C)C. The summed E-state index contributed by atoms with van der Waals surface area (Å²) >= 11 is 0. The first kappa shape index (κ1) is 46.7. The van der Waals surface area contributed by atoms with E-state index in [9.17, 15) is 0 Å². The van der Waals surface area contributed by atoms with Crippen molar-refractivity contribution >= 4 is 49.6 Å². The summed E-state index contributed by atoms with van der Waals surface area (Å²) in [7, 11) is -3.12. The van der Waals surface area contributed by atoms with E-state index in [2.05, 4.69) is 169 Å². The standard InChI is InChI=1S/C56H70O4Si2/c1-35-29-41(55(5,6)7)30-36(2)47(35)45-33-39-21-17-19-23-43(39)49(51(45)53(57)59-25-27-61(11,12)13)50-44-24-20-18-22-40(44)34-46(52(50)54(58)60-26-28-62(14,15)16)48-37(3)31-42(32-38(48)4)56(8,9)10/h17-24,29-34H,25-28H2,1-16H3. The van der Waals surface area contributed by atoms with Crippen molar-refractivity contribution in [1.29, 1.82) is 0 Å². The second-order valence-corrected chi connectivity index (χ2v) is 33.4. The Kier molecular flexibility index (Phi) is 13.1. The average Bonchev–Trinajstić information content (AvgIpc) is 3.14. The maximum Gasteiger partial charge on any atom is 0.339 e. The fourth-order valence-corrected chi connectivity index (χ4v) is 10.1. The molecule has 0 unspecified atom stereocenters. The number of carbonyl (C=O) groups excluding carboxylic acids is 2. The van der Waals surface area contributed by atoms with Crippen molar-refractivity contribution in [1.82, 2.24) is 0 Å². The number of fused-ring (bicyclic) bond motifs is 2. The second kappa shape index (κ2) is 17.4. The van der Waals surface area contributed by atoms with Crippen LogP contribution in [0.15, 0.2) is 84.9 Å². The summed E-state index contributed by atoms with van der Waals surface area (Å²) in [5.74, 6) is -0.765. The van der Waals surface area contributed by atoms with E-state index in [0.29, 0.717) is 35.5 Å². The van der Waals surface area contributed by atoms with Gasteiger partial charge in [0.15, 0.2) is 0 Å². The summed E-state index contributed by atoms with van der Waals surface area (Å²) in [5, 5.41) is 3.71. The zero-order valence-corrected chi connectivity index (χ0v) is 42.5. The van der Waals surface area contributed by atoms with Crippen molar-refractivity contribution < 1.29 is 19.1 Å². The van der Waals surface area contributed by atoms with Crippen molar-refractivity contribution in [2.45, 2.75) is 131 Å². The third-order valence-electron chi connectivity index (χ3n) is 12.3. The van der Waals surface area contributed by atoms with Crippen molar-refractivity contribution in [3.05, 3.63) is 129 Å². The van der Waals surface area contributed by atoms with Crippen LogP contribution in [0.2, 0.25) is 51.4 Å². The smallest absolute Gasteiger partial charge is 0.339 e. The highest BCUT2D eigenvalue weighted by Gasteiger charge is 2.33. The zero-order chi connectivity index (χ0) is 45.7. The Morgan fingerprint density at radius 3 is 1.06 bits per heavy atom. The molecule has 6 heteroatoms. The van der Waals surface area contributed by atoms with Crippen LogP contribution in [0.25, 0.3) is 54.9 Å². The van der Waals surface area contributed by atoms with Gasteiger partial charge in [-0.2, -0.15) is 0 Å². The van der Waals surface area contributed by atoms with Gasteiger partial charge < -0.3 is 9.47 Å². The number of esters is 2. The zero-order valence-electron chi connectivity index (χ0n) is 40.5. The molecule has 0 spiro atoms. The molecule has 0 aliphatic carbocycles. The number of benzene rings is 6. The van der Waals surface area contributed by atoms with Crippen LogP contribution in [0.3, 0.4) is 0 Å². The fraction of sp³-hybridized carbons (Fsp3) is 0.393. The number of rotatable bonds is 11. The first-order valence-corrected chi connectivity index (χ1v) is 29.9. The summed E-state index contributed by atoms with van der Waals surface area (Å²) in [6.07, 6.45) is 0. The Bertz CT molecular complexity index is 2460. The molecule has 62 heavy (non-hydrogen) atoms. The normalized spacial score (nSPS) is 12.6. The Morgan fingerprint density at radius 1 is 0.468 bits per heavy atom. The van der Waals surface area contributed by atoms with Crippen molar-refractivity contribution in [2.24, 2.45) is 0 Å². The molecular weight excluding hydrogens is 793 g/mol. The minimum Gasteiger partial charge on any atom is -0.462 e. The lowest BCUT2D eigenvalue weighted by Gasteiger charge is -2.27. The largest absolute Gasteiger partial charge is 0.462 e. The van der Waals surface area contributed by atoms with Crippen LogP contribution in [-0.4, -0.2) is 41.3 Å². The van der Waals surface area contributed by atoms with Crippen LogP contribution < -0.4 is 0 Å². The van der Waals surface area contributed by atoms with Gasteiger partial charge in [0.1, 0.15) is 0 Å². The molecule has 0 amide bonds. The van der Waals surface area contributed by atoms with Gasteiger partial charge in [-0.25, -0.2) is 9.59 Å². The van der Waals surface area contributed by atoms with Gasteiger partial charge in [0.05, 0.1) is 24.3 Å². The monoisotopic (exact) mass is 862 g/mol. The maximum absolute atomic E-state index is 15.4. The molecule has 0 saturated carbocycles. The third-order valence-corrected chi connectivity index (χ3v) is 15.7. The van der Waals surface area contributed by atoms with Crippen LogP contribution in [-0.2, 0) is 20.3 Å². The molecule has 0 saturated heterocycles. The number of ether oxygens (including phenoxy) is 2. The molecule has 326 valence electrons. The van der Waals surface area contributed by atoms with Gasteiger partial charge in [-0.3, -0.25) is 0 Å². The number of hydrogen-bond acceptors (Lipinski definition) is 4. The van der Waals surface area contributed by atoms with Crippen LogP contribution in [0.4, 0.5) is 0 Å². The van der Waals surface area contributed by atoms with Gasteiger partial charge in [0, 0.05) is 27.3 Å². The molecule has 0 bridgehead atoms. The Balaban J connectivity index is 1.84. The predicted octanol–water partition coefficient (Wildman–Crippen LogP) is 15.8. The van der Waals surface area contributed by atoms with Crippen LogP contribution >= 0.6 is 0 Å². The van der Waals surface area contributed by atoms with E-state index in [1.807, 2.05) is 24.3 Å². The summed E-state index contributed by atoms with van der Waals surface area (Å²) < 4.78 is 12.9. The minimum atomic E-state index is -1.56. The van der Waals surface area contributed by atoms with E-state index in [1.54, 1.807) is 0 Å². The molecule has 0 atom stereocenters. The fourth-order valence-electron chi connectivity index (χ4n) is 8.72. The topological polar surface area (TPSA) is 52.6 Å². The quantitative estimate of drug-likeness (QED) is 0.0962. The lowest BCUT2D eigenvalue weighted by atomic mass is 9.77. The van der Waals surface area contributed by atoms with Gasteiger partial charge in [-0.15, -0.1) is 0 Å². The first-order valence-electron chi connectivity index (χ1n) is 22.5. The summed E-state index contributed by atoms with van der Waals surface area (Å²) in [5.41, 5.74) is 12.7. The van der Waals surface area contributed by atoms with E-state index in [-0.39, 0.29) is 22.8 Å². The van der Waals surface area contributed by atoms with Crippen LogP contribution in [0.1, 0.15) is 95.6 Å². The van der Waals surface area contributed by atoms with Gasteiger partial charge in [0.25, 0.3) is 0 Å². The van der Waals surface area contributed by atoms with Gasteiger partial charge >= 0.3 is 11.9 Å². The van der Waals surface area contributed by atoms with Crippen molar-refractivity contribution in [3.8, 4) is 33.4 Å². The van der Waals surface area contributed by atoms with E-state index >= 15 is 9.59 Å². The van der Waals surface area contributed by atoms with Crippen LogP contribution in [0.5, 0.6) is 0 Å². The third kappa shape index (κ3) is 10.0. The van der Waals surface area contributed by atoms with E-state index in [0.717, 1.165) is 78.1 Å². The summed E-state index contributed by atoms with van der Waals surface area (Å²) in [6, 6.07) is 31.6. The van der Waals surface area contributed by atoms with E-state index in [4.69, 9.17) is 9.47 Å². The maximum atomic E-state index is 15.4. The molecular formula is C56H70O4Si2. The number of hydrogen-bond donors (Lipinski definition) is 0. The molecule has 0 radical (unpaired) electrons. The number of carbonyl (C=O) groups is 2. The van der Waals surface area contributed by atoms with Gasteiger partial charge in [-0.1, -0.05) is 154 Å². The Labute approximate surface area is 374 Å². The molecule has 6 rings (SSSR count). The Morgan fingerprint density at radius 2 is 0.774 bits per heavy atom. The molecule has 0 aromatic heterocycles. The predicted molar refractivity (Wildman–Crippen MR) is 271 cm³/mol. The highest BCUT2D eigenvalue weighted by atomic mass is 28.3. The van der Waals surface area contributed by atoms with Crippen molar-refractivity contribution in [2.75, 3.05) is 13.2 Å². The summed E-state index contributed by atoms with van der Waals surface area (Å²) in [6.45, 7) is 36.5. The molecule has 0 N–H and O–H groups in total. The molecule has 0 fully saturated rings. The number of aryl methyl sites for hydroxylation is 4. The molecule has 0 aliphatic heterocycles. The molecule has 6 aromatic rings. The second-order valence-electron chi connectivity index (χ2n) is 22.2. The molecule has 4 nitrogen and oxygen atoms in total. The van der Waals surface area contributed by atoms with Gasteiger partial charge in [-0.05, 0) is 140 Å². The molecule has 6 aromatic carbocycles. The van der Waals surface area contributed by atoms with E-state index < -0.39 is 16.1 Å². The lowest BCUT2D eigenvalue weighted by Crippen LogP contribution is -2.23. The highest BCUT2D eigenvalue weighted by molar-refractivity contribution is 6.76. The van der Waals surface area contributed by atoms with Crippen LogP contribution in [0, 0.1) is 27.7 Å². The molecule has 0 heterocycles. The summed E-state index contributed by atoms with van der Waals surface area (Å²) in [4.78, 5) is 30.8. The molecule has 0 aliphatic rings.